The maximum absolute atomic E-state index is 13.3. The first kappa shape index (κ1) is 30.5. The van der Waals surface area contributed by atoms with Gasteiger partial charge in [-0.1, -0.05) is 74.5 Å². The summed E-state index contributed by atoms with van der Waals surface area (Å²) in [5.41, 5.74) is 2.12. The Morgan fingerprint density at radius 1 is 0.976 bits per heavy atom. The van der Waals surface area contributed by atoms with Gasteiger partial charge in [-0.2, -0.15) is 0 Å². The van der Waals surface area contributed by atoms with Crippen molar-refractivity contribution >= 4 is 17.9 Å². The maximum Gasteiger partial charge on any atom is 0.407 e. The van der Waals surface area contributed by atoms with Gasteiger partial charge in [0.2, 0.25) is 11.8 Å². The van der Waals surface area contributed by atoms with Gasteiger partial charge in [-0.05, 0) is 49.1 Å². The minimum absolute atomic E-state index is 0.0398. The van der Waals surface area contributed by atoms with E-state index in [2.05, 4.69) is 51.2 Å². The average Bonchev–Trinajstić information content (AvgIpc) is 3.00. The predicted molar refractivity (Wildman–Crippen MR) is 157 cm³/mol. The van der Waals surface area contributed by atoms with Crippen LogP contribution in [0.25, 0.3) is 0 Å². The highest BCUT2D eigenvalue weighted by Crippen LogP contribution is 2.42. The van der Waals surface area contributed by atoms with Crippen LogP contribution in [0.5, 0.6) is 0 Å². The number of ether oxygens (including phenoxy) is 2. The highest BCUT2D eigenvalue weighted by atomic mass is 16.5. The monoisotopic (exact) mass is 564 g/mol. The lowest BCUT2D eigenvalue weighted by atomic mass is 9.73. The third-order valence-electron chi connectivity index (χ3n) is 8.05. The summed E-state index contributed by atoms with van der Waals surface area (Å²) < 4.78 is 10.8. The van der Waals surface area contributed by atoms with Crippen LogP contribution in [0, 0.1) is 5.92 Å². The third-order valence-corrected chi connectivity index (χ3v) is 8.05. The van der Waals surface area contributed by atoms with Crippen molar-refractivity contribution in [3.8, 4) is 0 Å². The molecule has 1 atom stereocenters. The van der Waals surface area contributed by atoms with E-state index in [1.54, 1.807) is 0 Å². The molecule has 222 valence electrons. The Balaban J connectivity index is 1.28. The van der Waals surface area contributed by atoms with Crippen molar-refractivity contribution in [1.82, 2.24) is 20.9 Å². The number of hydrogen-bond donors (Lipinski definition) is 3. The fourth-order valence-corrected chi connectivity index (χ4v) is 5.94. The number of nitrogens with zero attached hydrogens (tertiary/aromatic N) is 1. The van der Waals surface area contributed by atoms with Crippen molar-refractivity contribution in [1.29, 1.82) is 0 Å². The first-order valence-electron chi connectivity index (χ1n) is 14.8. The molecule has 0 bridgehead atoms. The number of carbonyl (C=O) groups is 3. The second-order valence-electron chi connectivity index (χ2n) is 11.4. The Bertz CT molecular complexity index is 1110. The fourth-order valence-electron chi connectivity index (χ4n) is 5.94. The summed E-state index contributed by atoms with van der Waals surface area (Å²) in [6.45, 7) is 7.18. The lowest BCUT2D eigenvalue weighted by molar-refractivity contribution is -0.129. The highest BCUT2D eigenvalue weighted by molar-refractivity contribution is 5.89. The van der Waals surface area contributed by atoms with Crippen molar-refractivity contribution < 1.29 is 23.9 Å². The molecule has 9 heteroatoms. The second kappa shape index (κ2) is 15.0. The van der Waals surface area contributed by atoms with Crippen LogP contribution in [0.15, 0.2) is 60.7 Å². The molecule has 0 spiro atoms. The molecule has 2 aromatic carbocycles. The summed E-state index contributed by atoms with van der Waals surface area (Å²) in [7, 11) is 0. The summed E-state index contributed by atoms with van der Waals surface area (Å²) in [5, 5.41) is 8.50. The van der Waals surface area contributed by atoms with Gasteiger partial charge in [-0.25, -0.2) is 4.79 Å². The van der Waals surface area contributed by atoms with Crippen molar-refractivity contribution in [2.24, 2.45) is 5.92 Å². The van der Waals surface area contributed by atoms with Crippen LogP contribution >= 0.6 is 0 Å². The standard InChI is InChI=1S/C32H44N4O5/c1-24(2)21-28(35-29(37)22-33-31(39)41-23-25-9-5-3-6-10-25)30(38)34-27-13-15-32(16-14-27,26-11-7-4-8-12-26)36-17-19-40-20-18-36/h3-12,24,27-28H,13-23H2,1-2H3,(H,33,39)(H,34,38)(H,35,37). The number of rotatable bonds is 11. The first-order chi connectivity index (χ1) is 19.9. The Morgan fingerprint density at radius 2 is 1.61 bits per heavy atom. The molecule has 4 rings (SSSR count). The largest absolute Gasteiger partial charge is 0.445 e. The molecule has 3 N–H and O–H groups in total. The number of carbonyl (C=O) groups excluding carboxylic acids is 3. The van der Waals surface area contributed by atoms with Gasteiger partial charge in [0, 0.05) is 24.7 Å². The molecule has 0 radical (unpaired) electrons. The van der Waals surface area contributed by atoms with E-state index in [4.69, 9.17) is 9.47 Å². The molecule has 1 aliphatic carbocycles. The zero-order valence-electron chi connectivity index (χ0n) is 24.3. The van der Waals surface area contributed by atoms with Gasteiger partial charge in [0.25, 0.3) is 0 Å². The second-order valence-corrected chi connectivity index (χ2v) is 11.4. The van der Waals surface area contributed by atoms with Crippen molar-refractivity contribution in [2.45, 2.75) is 70.2 Å². The van der Waals surface area contributed by atoms with Gasteiger partial charge in [-0.3, -0.25) is 14.5 Å². The lowest BCUT2D eigenvalue weighted by Gasteiger charge is -2.50. The number of benzene rings is 2. The molecule has 2 aliphatic rings. The molecule has 0 aromatic heterocycles. The van der Waals surface area contributed by atoms with Crippen LogP contribution in [-0.4, -0.2) is 67.7 Å². The minimum Gasteiger partial charge on any atom is -0.445 e. The molecular weight excluding hydrogens is 520 g/mol. The Hall–Kier alpha value is -3.43. The molecule has 41 heavy (non-hydrogen) atoms. The quantitative estimate of drug-likeness (QED) is 0.384. The fraction of sp³-hybridized carbons (Fsp3) is 0.531. The van der Waals surface area contributed by atoms with E-state index in [0.29, 0.717) is 6.42 Å². The summed E-state index contributed by atoms with van der Waals surface area (Å²) >= 11 is 0. The molecule has 1 saturated heterocycles. The molecule has 1 aliphatic heterocycles. The number of amides is 3. The molecule has 1 heterocycles. The maximum atomic E-state index is 13.3. The first-order valence-corrected chi connectivity index (χ1v) is 14.8. The van der Waals surface area contributed by atoms with Crippen molar-refractivity contribution in [2.75, 3.05) is 32.8 Å². The lowest BCUT2D eigenvalue weighted by Crippen LogP contribution is -2.56. The normalized spacial score (nSPS) is 22.0. The van der Waals surface area contributed by atoms with Crippen LogP contribution in [0.1, 0.15) is 57.1 Å². The topological polar surface area (TPSA) is 109 Å². The van der Waals surface area contributed by atoms with Gasteiger partial charge < -0.3 is 25.4 Å². The van der Waals surface area contributed by atoms with E-state index in [0.717, 1.165) is 57.6 Å². The summed E-state index contributed by atoms with van der Waals surface area (Å²) in [6, 6.07) is 19.4. The molecule has 1 unspecified atom stereocenters. The molecular formula is C32H44N4O5. The Labute approximate surface area is 243 Å². The van der Waals surface area contributed by atoms with Gasteiger partial charge in [0.15, 0.2) is 0 Å². The van der Waals surface area contributed by atoms with Crippen LogP contribution < -0.4 is 16.0 Å². The third kappa shape index (κ3) is 8.78. The predicted octanol–water partition coefficient (Wildman–Crippen LogP) is 3.73. The SMILES string of the molecule is CC(C)CC(NC(=O)CNC(=O)OCc1ccccc1)C(=O)NC1CCC(c2ccccc2)(N2CCOCC2)CC1. The van der Waals surface area contributed by atoms with Gasteiger partial charge in [0.05, 0.1) is 13.2 Å². The molecule has 9 nitrogen and oxygen atoms in total. The Kier molecular flexibility index (Phi) is 11.2. The van der Waals surface area contributed by atoms with Crippen molar-refractivity contribution in [3.05, 3.63) is 71.8 Å². The van der Waals surface area contributed by atoms with E-state index in [9.17, 15) is 14.4 Å². The molecule has 2 aromatic rings. The summed E-state index contributed by atoms with van der Waals surface area (Å²) in [5.74, 6) is -0.406. The zero-order valence-corrected chi connectivity index (χ0v) is 24.3. The van der Waals surface area contributed by atoms with Crippen LogP contribution in [0.3, 0.4) is 0 Å². The highest BCUT2D eigenvalue weighted by Gasteiger charge is 2.42. The summed E-state index contributed by atoms with van der Waals surface area (Å²) in [6.07, 6.45) is 3.42. The van der Waals surface area contributed by atoms with Gasteiger partial charge in [-0.15, -0.1) is 0 Å². The average molecular weight is 565 g/mol. The molecule has 3 amide bonds. The van der Waals surface area contributed by atoms with E-state index in [1.807, 2.05) is 44.2 Å². The van der Waals surface area contributed by atoms with E-state index >= 15 is 0 Å². The van der Waals surface area contributed by atoms with Gasteiger partial charge >= 0.3 is 6.09 Å². The van der Waals surface area contributed by atoms with Gasteiger partial charge in [0.1, 0.15) is 19.2 Å². The summed E-state index contributed by atoms with van der Waals surface area (Å²) in [4.78, 5) is 40.6. The number of hydrogen-bond acceptors (Lipinski definition) is 6. The molecule has 2 fully saturated rings. The number of morpholine rings is 1. The van der Waals surface area contributed by atoms with E-state index in [1.165, 1.54) is 5.56 Å². The Morgan fingerprint density at radius 3 is 2.24 bits per heavy atom. The molecule has 1 saturated carbocycles. The minimum atomic E-state index is -0.682. The van der Waals surface area contributed by atoms with Crippen LogP contribution in [-0.2, 0) is 31.2 Å². The number of nitrogens with one attached hydrogen (secondary N) is 3. The van der Waals surface area contributed by atoms with Crippen LogP contribution in [0.2, 0.25) is 0 Å². The number of alkyl carbamates (subject to hydrolysis) is 1. The van der Waals surface area contributed by atoms with Crippen LogP contribution in [0.4, 0.5) is 4.79 Å². The zero-order chi connectivity index (χ0) is 29.1. The van der Waals surface area contributed by atoms with E-state index < -0.39 is 18.0 Å². The van der Waals surface area contributed by atoms with Crippen molar-refractivity contribution in [3.63, 3.8) is 0 Å². The smallest absolute Gasteiger partial charge is 0.407 e. The van der Waals surface area contributed by atoms with E-state index in [-0.39, 0.29) is 36.6 Å².